The van der Waals surface area contributed by atoms with Crippen LogP contribution in [0.2, 0.25) is 10.0 Å². The fourth-order valence-corrected chi connectivity index (χ4v) is 2.69. The molecule has 2 N–H and O–H groups in total. The van der Waals surface area contributed by atoms with Gasteiger partial charge in [-0.15, -0.1) is 0 Å². The molecule has 22 heavy (non-hydrogen) atoms. The van der Waals surface area contributed by atoms with Gasteiger partial charge in [-0.05, 0) is 12.1 Å². The highest BCUT2D eigenvalue weighted by molar-refractivity contribution is 6.36. The van der Waals surface area contributed by atoms with Gasteiger partial charge in [0.1, 0.15) is 5.76 Å². The number of nitrogens with one attached hydrogen (secondary N) is 1. The second-order valence-electron chi connectivity index (χ2n) is 5.08. The van der Waals surface area contributed by atoms with Gasteiger partial charge in [0.25, 0.3) is 5.91 Å². The summed E-state index contributed by atoms with van der Waals surface area (Å²) >= 11 is 12.0. The lowest BCUT2D eigenvalue weighted by molar-refractivity contribution is 0.0909. The third-order valence-corrected chi connectivity index (χ3v) is 3.78. The number of halogens is 2. The average molecular weight is 343 g/mol. The van der Waals surface area contributed by atoms with Crippen molar-refractivity contribution in [3.63, 3.8) is 0 Å². The Morgan fingerprint density at radius 1 is 1.36 bits per heavy atom. The molecule has 0 bridgehead atoms. The summed E-state index contributed by atoms with van der Waals surface area (Å²) in [6.07, 6.45) is 0.213. The van der Waals surface area contributed by atoms with Crippen LogP contribution in [0.4, 0.5) is 0 Å². The zero-order valence-electron chi connectivity index (χ0n) is 12.1. The van der Waals surface area contributed by atoms with E-state index in [1.807, 2.05) is 13.8 Å². The number of benzene rings is 1. The molecule has 1 aromatic carbocycles. The molecule has 118 valence electrons. The molecule has 1 amide bonds. The van der Waals surface area contributed by atoms with E-state index in [2.05, 4.69) is 10.3 Å². The number of carbonyl (C=O) groups is 1. The molecule has 0 fully saturated rings. The maximum atomic E-state index is 12.1. The van der Waals surface area contributed by atoms with Crippen molar-refractivity contribution in [2.45, 2.75) is 25.9 Å². The summed E-state index contributed by atoms with van der Waals surface area (Å²) in [4.78, 5) is 16.0. The van der Waals surface area contributed by atoms with E-state index in [1.165, 1.54) is 6.39 Å². The van der Waals surface area contributed by atoms with E-state index in [0.717, 1.165) is 0 Å². The summed E-state index contributed by atoms with van der Waals surface area (Å²) < 4.78 is 5.20. The van der Waals surface area contributed by atoms with Crippen LogP contribution in [0.15, 0.2) is 29.0 Å². The van der Waals surface area contributed by atoms with Crippen molar-refractivity contribution in [2.75, 3.05) is 6.54 Å². The van der Waals surface area contributed by atoms with E-state index in [1.54, 1.807) is 18.2 Å². The Balaban J connectivity index is 2.06. The number of aliphatic hydroxyl groups excluding tert-OH is 1. The normalized spacial score (nSPS) is 12.5. The molecule has 0 aliphatic rings. The molecule has 0 aliphatic heterocycles. The Morgan fingerprint density at radius 3 is 2.59 bits per heavy atom. The van der Waals surface area contributed by atoms with Crippen LogP contribution in [-0.4, -0.2) is 22.5 Å². The number of nitrogens with zero attached hydrogens (tertiary/aromatic N) is 1. The van der Waals surface area contributed by atoms with Gasteiger partial charge in [-0.2, -0.15) is 0 Å². The number of hydrogen-bond donors (Lipinski definition) is 2. The van der Waals surface area contributed by atoms with Gasteiger partial charge < -0.3 is 14.8 Å². The fourth-order valence-electron chi connectivity index (χ4n) is 2.04. The lowest BCUT2D eigenvalue weighted by Gasteiger charge is -2.15. The summed E-state index contributed by atoms with van der Waals surface area (Å²) in [5.41, 5.74) is 0.600. The highest BCUT2D eigenvalue weighted by Crippen LogP contribution is 2.29. The Bertz CT molecular complexity index is 650. The second-order valence-corrected chi connectivity index (χ2v) is 5.90. The summed E-state index contributed by atoms with van der Waals surface area (Å²) in [5, 5.41) is 13.5. The fraction of sp³-hybridized carbons (Fsp3) is 0.333. The van der Waals surface area contributed by atoms with Gasteiger partial charge in [0.2, 0.25) is 0 Å². The molecule has 1 aromatic heterocycles. The third-order valence-electron chi connectivity index (χ3n) is 3.12. The topological polar surface area (TPSA) is 75.4 Å². The number of aliphatic hydroxyl groups is 1. The summed E-state index contributed by atoms with van der Waals surface area (Å²) in [5.74, 6) is 0.119. The Hall–Kier alpha value is -1.56. The molecule has 0 radical (unpaired) electrons. The average Bonchev–Trinajstić information content (AvgIpc) is 2.94. The monoisotopic (exact) mass is 342 g/mol. The standard InChI is InChI=1S/C15H16Cl2N2O3/c1-8(2)14-13(19-7-22-14)15(21)18-6-11(20)12-9(16)4-3-5-10(12)17/h3-5,7-8,11,20H,6H2,1-2H3,(H,18,21)/t11-/m0/s1. The van der Waals surface area contributed by atoms with Gasteiger partial charge in [0, 0.05) is 28.1 Å². The molecule has 7 heteroatoms. The third kappa shape index (κ3) is 3.61. The Kier molecular flexibility index (Phi) is 5.45. The van der Waals surface area contributed by atoms with E-state index in [9.17, 15) is 9.90 Å². The zero-order valence-corrected chi connectivity index (χ0v) is 13.6. The Labute approximate surface area is 138 Å². The van der Waals surface area contributed by atoms with Crippen LogP contribution < -0.4 is 5.32 Å². The van der Waals surface area contributed by atoms with Crippen LogP contribution in [0.1, 0.15) is 47.7 Å². The summed E-state index contributed by atoms with van der Waals surface area (Å²) in [6, 6.07) is 4.94. The number of hydrogen-bond acceptors (Lipinski definition) is 4. The van der Waals surface area contributed by atoms with Crippen LogP contribution in [0, 0.1) is 0 Å². The molecule has 1 atom stereocenters. The minimum Gasteiger partial charge on any atom is -0.447 e. The smallest absolute Gasteiger partial charge is 0.273 e. The quantitative estimate of drug-likeness (QED) is 0.870. The van der Waals surface area contributed by atoms with Gasteiger partial charge in [0.05, 0.1) is 6.10 Å². The number of amides is 1. The van der Waals surface area contributed by atoms with Crippen LogP contribution in [0.5, 0.6) is 0 Å². The van der Waals surface area contributed by atoms with Crippen molar-refractivity contribution >= 4 is 29.1 Å². The van der Waals surface area contributed by atoms with E-state index >= 15 is 0 Å². The zero-order chi connectivity index (χ0) is 16.3. The number of oxazole rings is 1. The highest BCUT2D eigenvalue weighted by atomic mass is 35.5. The molecule has 0 spiro atoms. The van der Waals surface area contributed by atoms with Crippen molar-refractivity contribution in [1.82, 2.24) is 10.3 Å². The van der Waals surface area contributed by atoms with E-state index < -0.39 is 12.0 Å². The first-order valence-corrected chi connectivity index (χ1v) is 7.51. The summed E-state index contributed by atoms with van der Waals surface area (Å²) in [6.45, 7) is 3.76. The predicted octanol–water partition coefficient (Wildman–Crippen LogP) is 3.57. The van der Waals surface area contributed by atoms with Crippen LogP contribution in [0.25, 0.3) is 0 Å². The van der Waals surface area contributed by atoms with Crippen molar-refractivity contribution < 1.29 is 14.3 Å². The maximum Gasteiger partial charge on any atom is 0.273 e. The van der Waals surface area contributed by atoms with Crippen molar-refractivity contribution in [3.05, 3.63) is 51.7 Å². The maximum absolute atomic E-state index is 12.1. The number of aromatic nitrogens is 1. The minimum atomic E-state index is -1.01. The predicted molar refractivity (Wildman–Crippen MR) is 84.3 cm³/mol. The molecule has 2 rings (SSSR count). The molecule has 2 aromatic rings. The van der Waals surface area contributed by atoms with Gasteiger partial charge in [-0.3, -0.25) is 4.79 Å². The second kappa shape index (κ2) is 7.13. The molecule has 1 heterocycles. The van der Waals surface area contributed by atoms with Crippen molar-refractivity contribution in [3.8, 4) is 0 Å². The lowest BCUT2D eigenvalue weighted by Crippen LogP contribution is -2.29. The van der Waals surface area contributed by atoms with Crippen LogP contribution in [-0.2, 0) is 0 Å². The molecule has 0 unspecified atom stereocenters. The molecule has 0 saturated heterocycles. The largest absolute Gasteiger partial charge is 0.447 e. The van der Waals surface area contributed by atoms with E-state index in [0.29, 0.717) is 21.4 Å². The van der Waals surface area contributed by atoms with Crippen molar-refractivity contribution in [2.24, 2.45) is 0 Å². The van der Waals surface area contributed by atoms with E-state index in [4.69, 9.17) is 27.6 Å². The molecular formula is C15H16Cl2N2O3. The lowest BCUT2D eigenvalue weighted by atomic mass is 10.1. The summed E-state index contributed by atoms with van der Waals surface area (Å²) in [7, 11) is 0. The van der Waals surface area contributed by atoms with Crippen LogP contribution >= 0.6 is 23.2 Å². The SMILES string of the molecule is CC(C)c1ocnc1C(=O)NC[C@H](O)c1c(Cl)cccc1Cl. The molecule has 0 aliphatic carbocycles. The number of carbonyl (C=O) groups excluding carboxylic acids is 1. The first kappa shape index (κ1) is 16.8. The van der Waals surface area contributed by atoms with Gasteiger partial charge in [0.15, 0.2) is 12.1 Å². The molecular weight excluding hydrogens is 327 g/mol. The molecule has 0 saturated carbocycles. The minimum absolute atomic E-state index is 0.0335. The first-order valence-electron chi connectivity index (χ1n) is 6.75. The number of rotatable bonds is 5. The first-order chi connectivity index (χ1) is 10.4. The van der Waals surface area contributed by atoms with Gasteiger partial charge in [-0.25, -0.2) is 4.98 Å². The van der Waals surface area contributed by atoms with E-state index in [-0.39, 0.29) is 18.2 Å². The van der Waals surface area contributed by atoms with Crippen LogP contribution in [0.3, 0.4) is 0 Å². The Morgan fingerprint density at radius 2 is 2.00 bits per heavy atom. The highest BCUT2D eigenvalue weighted by Gasteiger charge is 2.21. The van der Waals surface area contributed by atoms with Gasteiger partial charge in [-0.1, -0.05) is 43.1 Å². The van der Waals surface area contributed by atoms with Gasteiger partial charge >= 0.3 is 0 Å². The molecule has 5 nitrogen and oxygen atoms in total. The van der Waals surface area contributed by atoms with Crippen molar-refractivity contribution in [1.29, 1.82) is 0 Å².